The van der Waals surface area contributed by atoms with Crippen LogP contribution in [-0.2, 0) is 16.6 Å². The lowest BCUT2D eigenvalue weighted by atomic mass is 10.0. The number of nitrogens with one attached hydrogen (secondary N) is 1. The number of fused-ring (bicyclic) bond motifs is 1. The fourth-order valence-electron chi connectivity index (χ4n) is 3.46. The van der Waals surface area contributed by atoms with Crippen LogP contribution in [0, 0.1) is 13.8 Å². The summed E-state index contributed by atoms with van der Waals surface area (Å²) in [6, 6.07) is 18.6. The van der Waals surface area contributed by atoms with Crippen LogP contribution in [0.3, 0.4) is 0 Å². The number of rotatable bonds is 5. The van der Waals surface area contributed by atoms with Crippen molar-refractivity contribution in [2.75, 3.05) is 4.72 Å². The van der Waals surface area contributed by atoms with E-state index < -0.39 is 10.0 Å². The molecule has 1 aromatic heterocycles. The summed E-state index contributed by atoms with van der Waals surface area (Å²) < 4.78 is 30.3. The Balaban J connectivity index is 1.70. The number of benzene rings is 3. The van der Waals surface area contributed by atoms with Crippen LogP contribution < -0.4 is 4.72 Å². The van der Waals surface area contributed by atoms with Gasteiger partial charge in [-0.25, -0.2) is 8.42 Å². The molecule has 0 fully saturated rings. The number of nitrogens with zero attached hydrogens (tertiary/aromatic N) is 2. The van der Waals surface area contributed by atoms with Gasteiger partial charge in [-0.15, -0.1) is 0 Å². The van der Waals surface area contributed by atoms with Gasteiger partial charge in [0.05, 0.1) is 28.6 Å². The first-order valence-electron chi connectivity index (χ1n) is 9.25. The Morgan fingerprint density at radius 2 is 1.73 bits per heavy atom. The van der Waals surface area contributed by atoms with Crippen molar-refractivity contribution in [2.24, 2.45) is 0 Å². The molecule has 0 saturated carbocycles. The van der Waals surface area contributed by atoms with Gasteiger partial charge >= 0.3 is 0 Å². The molecule has 3 aromatic carbocycles. The van der Waals surface area contributed by atoms with Gasteiger partial charge in [-0.3, -0.25) is 9.40 Å². The first-order chi connectivity index (χ1) is 14.3. The van der Waals surface area contributed by atoms with E-state index in [-0.39, 0.29) is 9.92 Å². The first-order valence-corrected chi connectivity index (χ1v) is 11.5. The molecule has 5 nitrogen and oxygen atoms in total. The SMILES string of the molecule is Cc1nn(Cc2cccc3ccccc23)c(C)c1NS(=O)(=O)c1cc(Cl)ccc1Cl. The Kier molecular flexibility index (Phi) is 5.49. The van der Waals surface area contributed by atoms with Crippen molar-refractivity contribution in [2.45, 2.75) is 25.3 Å². The molecule has 0 aliphatic heterocycles. The number of aromatic nitrogens is 2. The third-order valence-electron chi connectivity index (χ3n) is 5.00. The second-order valence-electron chi connectivity index (χ2n) is 7.02. The van der Waals surface area contributed by atoms with Gasteiger partial charge in [0.2, 0.25) is 0 Å². The van der Waals surface area contributed by atoms with Crippen molar-refractivity contribution in [3.8, 4) is 0 Å². The average molecular weight is 460 g/mol. The Hall–Kier alpha value is -2.54. The van der Waals surface area contributed by atoms with Crippen LogP contribution >= 0.6 is 23.2 Å². The van der Waals surface area contributed by atoms with Crippen LogP contribution in [0.5, 0.6) is 0 Å². The zero-order valence-electron chi connectivity index (χ0n) is 16.4. The van der Waals surface area contributed by atoms with E-state index in [1.54, 1.807) is 17.7 Å². The van der Waals surface area contributed by atoms with Gasteiger partial charge in [0, 0.05) is 5.02 Å². The maximum Gasteiger partial charge on any atom is 0.263 e. The Morgan fingerprint density at radius 1 is 1.00 bits per heavy atom. The summed E-state index contributed by atoms with van der Waals surface area (Å²) in [6.45, 7) is 4.13. The van der Waals surface area contributed by atoms with Crippen molar-refractivity contribution < 1.29 is 8.42 Å². The zero-order valence-corrected chi connectivity index (χ0v) is 18.7. The summed E-state index contributed by atoms with van der Waals surface area (Å²) in [5, 5.41) is 7.24. The summed E-state index contributed by atoms with van der Waals surface area (Å²) in [6.07, 6.45) is 0. The summed E-state index contributed by atoms with van der Waals surface area (Å²) in [5.74, 6) is 0. The van der Waals surface area contributed by atoms with E-state index in [2.05, 4.69) is 28.0 Å². The number of halogens is 2. The summed E-state index contributed by atoms with van der Waals surface area (Å²) in [5.41, 5.74) is 2.83. The first kappa shape index (κ1) is 20.7. The van der Waals surface area contributed by atoms with E-state index in [0.29, 0.717) is 28.6 Å². The molecule has 0 unspecified atom stereocenters. The predicted molar refractivity (Wildman–Crippen MR) is 122 cm³/mol. The standard InChI is InChI=1S/C22H19Cl2N3O2S/c1-14-22(26-30(28,29)21-12-18(23)10-11-20(21)24)15(2)27(25-14)13-17-8-5-7-16-6-3-4-9-19(16)17/h3-12,26H,13H2,1-2H3. The fourth-order valence-corrected chi connectivity index (χ4v) is 5.40. The molecule has 0 spiro atoms. The molecule has 0 aliphatic carbocycles. The third-order valence-corrected chi connectivity index (χ3v) is 7.07. The normalized spacial score (nSPS) is 11.7. The van der Waals surface area contributed by atoms with Crippen molar-refractivity contribution in [1.29, 1.82) is 0 Å². The molecule has 30 heavy (non-hydrogen) atoms. The van der Waals surface area contributed by atoms with E-state index in [4.69, 9.17) is 23.2 Å². The number of hydrogen-bond acceptors (Lipinski definition) is 3. The van der Waals surface area contributed by atoms with E-state index in [1.165, 1.54) is 12.1 Å². The third kappa shape index (κ3) is 3.90. The lowest BCUT2D eigenvalue weighted by Crippen LogP contribution is -2.15. The van der Waals surface area contributed by atoms with Crippen LogP contribution in [-0.4, -0.2) is 18.2 Å². The molecule has 1 N–H and O–H groups in total. The van der Waals surface area contributed by atoms with Gasteiger partial charge in [-0.1, -0.05) is 65.7 Å². The van der Waals surface area contributed by atoms with Gasteiger partial charge in [0.15, 0.2) is 0 Å². The molecule has 0 amide bonds. The van der Waals surface area contributed by atoms with Gasteiger partial charge in [-0.05, 0) is 48.4 Å². The Morgan fingerprint density at radius 3 is 2.53 bits per heavy atom. The predicted octanol–water partition coefficient (Wildman–Crippen LogP) is 5.81. The van der Waals surface area contributed by atoms with E-state index in [1.807, 2.05) is 31.2 Å². The molecular weight excluding hydrogens is 441 g/mol. The van der Waals surface area contributed by atoms with Gasteiger partial charge in [0.1, 0.15) is 4.90 Å². The molecule has 1 heterocycles. The van der Waals surface area contributed by atoms with E-state index in [0.717, 1.165) is 16.3 Å². The van der Waals surface area contributed by atoms with Crippen molar-refractivity contribution in [3.63, 3.8) is 0 Å². The van der Waals surface area contributed by atoms with Gasteiger partial charge in [-0.2, -0.15) is 5.10 Å². The summed E-state index contributed by atoms with van der Waals surface area (Å²) in [7, 11) is -3.93. The topological polar surface area (TPSA) is 64.0 Å². The van der Waals surface area contributed by atoms with E-state index >= 15 is 0 Å². The minimum atomic E-state index is -3.93. The van der Waals surface area contributed by atoms with Crippen molar-refractivity contribution in [1.82, 2.24) is 9.78 Å². The maximum atomic E-state index is 12.9. The smallest absolute Gasteiger partial charge is 0.263 e. The Bertz CT molecular complexity index is 1360. The molecule has 4 rings (SSSR count). The molecule has 0 radical (unpaired) electrons. The van der Waals surface area contributed by atoms with Crippen LogP contribution in [0.2, 0.25) is 10.0 Å². The molecule has 4 aromatic rings. The summed E-state index contributed by atoms with van der Waals surface area (Å²) >= 11 is 12.1. The quantitative estimate of drug-likeness (QED) is 0.409. The fraction of sp³-hybridized carbons (Fsp3) is 0.136. The van der Waals surface area contributed by atoms with Crippen molar-refractivity contribution >= 4 is 49.7 Å². The highest BCUT2D eigenvalue weighted by Crippen LogP contribution is 2.29. The number of anilines is 1. The molecular formula is C22H19Cl2N3O2S. The van der Waals surface area contributed by atoms with Gasteiger partial charge in [0.25, 0.3) is 10.0 Å². The average Bonchev–Trinajstić information content (AvgIpc) is 2.97. The molecule has 0 saturated heterocycles. The largest absolute Gasteiger partial charge is 0.276 e. The molecule has 0 atom stereocenters. The summed E-state index contributed by atoms with van der Waals surface area (Å²) in [4.78, 5) is -0.0720. The number of hydrogen-bond donors (Lipinski definition) is 1. The second kappa shape index (κ2) is 7.95. The maximum absolute atomic E-state index is 12.9. The highest BCUT2D eigenvalue weighted by molar-refractivity contribution is 7.92. The lowest BCUT2D eigenvalue weighted by molar-refractivity contribution is 0.601. The van der Waals surface area contributed by atoms with Crippen LogP contribution in [0.1, 0.15) is 17.0 Å². The molecule has 154 valence electrons. The minimum Gasteiger partial charge on any atom is -0.276 e. The van der Waals surface area contributed by atoms with Crippen molar-refractivity contribution in [3.05, 3.63) is 87.7 Å². The Labute approximate surface area is 185 Å². The second-order valence-corrected chi connectivity index (χ2v) is 9.52. The van der Waals surface area contributed by atoms with Crippen LogP contribution in [0.25, 0.3) is 10.8 Å². The van der Waals surface area contributed by atoms with Crippen LogP contribution in [0.15, 0.2) is 65.6 Å². The number of aryl methyl sites for hydroxylation is 1. The monoisotopic (exact) mass is 459 g/mol. The molecule has 0 aliphatic rings. The van der Waals surface area contributed by atoms with E-state index in [9.17, 15) is 8.42 Å². The number of sulfonamides is 1. The zero-order chi connectivity index (χ0) is 21.5. The highest BCUT2D eigenvalue weighted by Gasteiger charge is 2.23. The van der Waals surface area contributed by atoms with Gasteiger partial charge < -0.3 is 0 Å². The molecule has 8 heteroatoms. The van der Waals surface area contributed by atoms with Crippen LogP contribution in [0.4, 0.5) is 5.69 Å². The lowest BCUT2D eigenvalue weighted by Gasteiger charge is -2.11. The molecule has 0 bridgehead atoms. The highest BCUT2D eigenvalue weighted by atomic mass is 35.5. The minimum absolute atomic E-state index is 0.0720.